The van der Waals surface area contributed by atoms with Gasteiger partial charge in [0.05, 0.1) is 6.04 Å². The van der Waals surface area contributed by atoms with Crippen molar-refractivity contribution < 1.29 is 19.8 Å². The van der Waals surface area contributed by atoms with Crippen LogP contribution in [0.3, 0.4) is 0 Å². The third-order valence-corrected chi connectivity index (χ3v) is 3.17. The first-order chi connectivity index (χ1) is 8.97. The van der Waals surface area contributed by atoms with Crippen molar-refractivity contribution in [2.24, 2.45) is 0 Å². The van der Waals surface area contributed by atoms with Crippen LogP contribution in [0.5, 0.6) is 11.5 Å². The van der Waals surface area contributed by atoms with Crippen molar-refractivity contribution in [1.29, 1.82) is 0 Å². The van der Waals surface area contributed by atoms with Crippen molar-refractivity contribution in [3.05, 3.63) is 23.8 Å². The Balaban J connectivity index is 2.08. The molecule has 1 heterocycles. The molecule has 0 bridgehead atoms. The van der Waals surface area contributed by atoms with Crippen LogP contribution in [0.1, 0.15) is 31.4 Å². The minimum Gasteiger partial charge on any atom is -0.508 e. The average molecular weight is 264 g/mol. The van der Waals surface area contributed by atoms with Gasteiger partial charge in [0.15, 0.2) is 0 Å². The number of carbonyl (C=O) groups excluding carboxylic acids is 2. The highest BCUT2D eigenvalue weighted by Crippen LogP contribution is 2.28. The number of carbonyl (C=O) groups is 2. The zero-order chi connectivity index (χ0) is 14.0. The molecule has 6 heteroatoms. The van der Waals surface area contributed by atoms with Gasteiger partial charge in [-0.3, -0.25) is 20.2 Å². The van der Waals surface area contributed by atoms with E-state index in [2.05, 4.69) is 10.6 Å². The monoisotopic (exact) mass is 264 g/mol. The van der Waals surface area contributed by atoms with E-state index >= 15 is 0 Å². The summed E-state index contributed by atoms with van der Waals surface area (Å²) in [6.07, 6.45) is 0.719. The van der Waals surface area contributed by atoms with Gasteiger partial charge in [0.25, 0.3) is 0 Å². The highest BCUT2D eigenvalue weighted by atomic mass is 16.3. The molecule has 4 N–H and O–H groups in total. The van der Waals surface area contributed by atoms with Crippen LogP contribution in [0.2, 0.25) is 0 Å². The number of amides is 2. The molecule has 1 aliphatic rings. The topological polar surface area (TPSA) is 98.7 Å². The Morgan fingerprint density at radius 3 is 2.79 bits per heavy atom. The third-order valence-electron chi connectivity index (χ3n) is 3.17. The van der Waals surface area contributed by atoms with Crippen LogP contribution >= 0.6 is 0 Å². The second-order valence-electron chi connectivity index (χ2n) is 4.64. The number of phenols is 2. The summed E-state index contributed by atoms with van der Waals surface area (Å²) < 4.78 is 0. The van der Waals surface area contributed by atoms with Gasteiger partial charge in [-0.2, -0.15) is 0 Å². The molecule has 0 aromatic heterocycles. The molecule has 102 valence electrons. The van der Waals surface area contributed by atoms with Gasteiger partial charge in [-0.05, 0) is 31.5 Å². The number of imide groups is 1. The number of rotatable bonds is 3. The third kappa shape index (κ3) is 3.03. The predicted molar refractivity (Wildman–Crippen MR) is 67.5 cm³/mol. The standard InChI is InChI=1S/C13H16N2O4/c1-7(9-6-8(16)2-4-11(9)17)14-10-3-5-12(18)15-13(10)19/h2,4,6-7,10,14,16-17H,3,5H2,1H3,(H,15,18,19). The van der Waals surface area contributed by atoms with Gasteiger partial charge >= 0.3 is 0 Å². The van der Waals surface area contributed by atoms with E-state index in [0.29, 0.717) is 18.4 Å². The molecule has 6 nitrogen and oxygen atoms in total. The summed E-state index contributed by atoms with van der Waals surface area (Å²) in [6.45, 7) is 1.78. The van der Waals surface area contributed by atoms with Crippen LogP contribution in [0.15, 0.2) is 18.2 Å². The predicted octanol–water partition coefficient (Wildman–Crippen LogP) is 0.554. The normalized spacial score (nSPS) is 21.0. The molecule has 2 atom stereocenters. The smallest absolute Gasteiger partial charge is 0.243 e. The second-order valence-corrected chi connectivity index (χ2v) is 4.64. The molecule has 2 rings (SSSR count). The fourth-order valence-corrected chi connectivity index (χ4v) is 2.13. The number of nitrogens with one attached hydrogen (secondary N) is 2. The molecule has 1 aromatic carbocycles. The number of hydrogen-bond acceptors (Lipinski definition) is 5. The van der Waals surface area contributed by atoms with Crippen molar-refractivity contribution in [3.8, 4) is 11.5 Å². The van der Waals surface area contributed by atoms with Crippen LogP contribution < -0.4 is 10.6 Å². The summed E-state index contributed by atoms with van der Waals surface area (Å²) in [4.78, 5) is 22.7. The molecule has 0 saturated carbocycles. The molecule has 1 fully saturated rings. The molecule has 1 saturated heterocycles. The summed E-state index contributed by atoms with van der Waals surface area (Å²) in [5.41, 5.74) is 0.504. The fourth-order valence-electron chi connectivity index (χ4n) is 2.13. The maximum Gasteiger partial charge on any atom is 0.243 e. The molecule has 0 radical (unpaired) electrons. The lowest BCUT2D eigenvalue weighted by Crippen LogP contribution is -2.51. The van der Waals surface area contributed by atoms with E-state index in [0.717, 1.165) is 0 Å². The number of hydrogen-bond donors (Lipinski definition) is 4. The van der Waals surface area contributed by atoms with Gasteiger partial charge in [0.2, 0.25) is 11.8 Å². The van der Waals surface area contributed by atoms with Crippen molar-refractivity contribution in [3.63, 3.8) is 0 Å². The van der Waals surface area contributed by atoms with E-state index in [1.165, 1.54) is 18.2 Å². The zero-order valence-electron chi connectivity index (χ0n) is 10.5. The number of piperidine rings is 1. The van der Waals surface area contributed by atoms with Gasteiger partial charge in [0.1, 0.15) is 11.5 Å². The summed E-state index contributed by atoms with van der Waals surface area (Å²) in [5.74, 6) is -0.534. The highest BCUT2D eigenvalue weighted by Gasteiger charge is 2.28. The first kappa shape index (κ1) is 13.4. The van der Waals surface area contributed by atoms with Gasteiger partial charge < -0.3 is 10.2 Å². The van der Waals surface area contributed by atoms with Crippen LogP contribution in [0.25, 0.3) is 0 Å². The molecule has 0 aliphatic carbocycles. The van der Waals surface area contributed by atoms with E-state index in [4.69, 9.17) is 0 Å². The number of phenolic OH excluding ortho intramolecular Hbond substituents is 2. The molecular formula is C13H16N2O4. The Labute approximate surface area is 110 Å². The van der Waals surface area contributed by atoms with Gasteiger partial charge in [-0.25, -0.2) is 0 Å². The summed E-state index contributed by atoms with van der Waals surface area (Å²) in [5, 5.41) is 24.5. The Kier molecular flexibility index (Phi) is 3.71. The zero-order valence-corrected chi connectivity index (χ0v) is 10.5. The van der Waals surface area contributed by atoms with Crippen molar-refractivity contribution in [1.82, 2.24) is 10.6 Å². The minimum atomic E-state index is -0.477. The first-order valence-electron chi connectivity index (χ1n) is 6.09. The Hall–Kier alpha value is -2.08. The van der Waals surface area contributed by atoms with E-state index in [1.807, 2.05) is 0 Å². The average Bonchev–Trinajstić information content (AvgIpc) is 2.35. The lowest BCUT2D eigenvalue weighted by Gasteiger charge is -2.26. The first-order valence-corrected chi connectivity index (χ1v) is 6.09. The van der Waals surface area contributed by atoms with Crippen molar-refractivity contribution in [2.45, 2.75) is 31.8 Å². The summed E-state index contributed by atoms with van der Waals surface area (Å²) in [7, 11) is 0. The van der Waals surface area contributed by atoms with Crippen LogP contribution in [-0.4, -0.2) is 28.1 Å². The maximum absolute atomic E-state index is 11.6. The summed E-state index contributed by atoms with van der Waals surface area (Å²) >= 11 is 0. The van der Waals surface area contributed by atoms with Gasteiger partial charge in [-0.1, -0.05) is 0 Å². The number of aromatic hydroxyl groups is 2. The quantitative estimate of drug-likeness (QED) is 0.472. The Morgan fingerprint density at radius 1 is 1.37 bits per heavy atom. The van der Waals surface area contributed by atoms with E-state index < -0.39 is 6.04 Å². The lowest BCUT2D eigenvalue weighted by atomic mass is 10.0. The van der Waals surface area contributed by atoms with E-state index in [9.17, 15) is 19.8 Å². The van der Waals surface area contributed by atoms with Gasteiger partial charge in [-0.15, -0.1) is 0 Å². The number of benzene rings is 1. The van der Waals surface area contributed by atoms with E-state index in [-0.39, 0.29) is 29.4 Å². The van der Waals surface area contributed by atoms with Crippen LogP contribution in [-0.2, 0) is 9.59 Å². The van der Waals surface area contributed by atoms with E-state index in [1.54, 1.807) is 6.92 Å². The molecular weight excluding hydrogens is 248 g/mol. The SMILES string of the molecule is CC(NC1CCC(=O)NC1=O)c1cc(O)ccc1O. The molecule has 1 aromatic rings. The molecule has 19 heavy (non-hydrogen) atoms. The second kappa shape index (κ2) is 5.27. The Bertz CT molecular complexity index is 515. The summed E-state index contributed by atoms with van der Waals surface area (Å²) in [6, 6.07) is 3.43. The van der Waals surface area contributed by atoms with Crippen LogP contribution in [0.4, 0.5) is 0 Å². The largest absolute Gasteiger partial charge is 0.508 e. The van der Waals surface area contributed by atoms with Crippen molar-refractivity contribution in [2.75, 3.05) is 0 Å². The van der Waals surface area contributed by atoms with Gasteiger partial charge in [0, 0.05) is 18.0 Å². The molecule has 2 unspecified atom stereocenters. The van der Waals surface area contributed by atoms with Crippen molar-refractivity contribution >= 4 is 11.8 Å². The maximum atomic E-state index is 11.6. The molecule has 2 amide bonds. The Morgan fingerprint density at radius 2 is 2.11 bits per heavy atom. The molecule has 1 aliphatic heterocycles. The minimum absolute atomic E-state index is 0.0460. The highest BCUT2D eigenvalue weighted by molar-refractivity contribution is 6.00. The van der Waals surface area contributed by atoms with Crippen LogP contribution in [0, 0.1) is 0 Å². The fraction of sp³-hybridized carbons (Fsp3) is 0.385. The molecule has 0 spiro atoms. The lowest BCUT2D eigenvalue weighted by molar-refractivity contribution is -0.134.